The van der Waals surface area contributed by atoms with Gasteiger partial charge in [0, 0.05) is 5.02 Å². The van der Waals surface area contributed by atoms with E-state index < -0.39 is 29.8 Å². The molecule has 0 spiro atoms. The second kappa shape index (κ2) is 8.52. The third-order valence-corrected chi connectivity index (χ3v) is 5.32. The van der Waals surface area contributed by atoms with Crippen molar-refractivity contribution in [1.82, 2.24) is 5.01 Å². The number of carbonyl (C=O) groups excluding carboxylic acids is 3. The van der Waals surface area contributed by atoms with Gasteiger partial charge in [-0.05, 0) is 49.4 Å². The zero-order chi connectivity index (χ0) is 22.1. The van der Waals surface area contributed by atoms with Crippen LogP contribution in [0.3, 0.4) is 0 Å². The summed E-state index contributed by atoms with van der Waals surface area (Å²) >= 11 is 11.9. The Bertz CT molecular complexity index is 1080. The third kappa shape index (κ3) is 4.06. The molecule has 2 atom stereocenters. The van der Waals surface area contributed by atoms with Gasteiger partial charge in [-0.15, -0.1) is 0 Å². The Morgan fingerprint density at radius 2 is 1.87 bits per heavy atom. The molecule has 2 aliphatic rings. The number of halogens is 2. The van der Waals surface area contributed by atoms with Crippen LogP contribution < -0.4 is 15.0 Å². The van der Waals surface area contributed by atoms with Gasteiger partial charge in [-0.25, -0.2) is 4.90 Å². The Labute approximate surface area is 187 Å². The van der Waals surface area contributed by atoms with E-state index in [4.69, 9.17) is 27.9 Å². The Kier molecular flexibility index (Phi) is 5.79. The van der Waals surface area contributed by atoms with Crippen molar-refractivity contribution in [3.05, 3.63) is 52.5 Å². The van der Waals surface area contributed by atoms with Crippen LogP contribution in [0, 0.1) is 0 Å². The molecule has 160 valence electrons. The molecule has 1 saturated heterocycles. The number of carbonyl (C=O) groups is 3. The van der Waals surface area contributed by atoms with Gasteiger partial charge in [-0.3, -0.25) is 19.4 Å². The van der Waals surface area contributed by atoms with Crippen molar-refractivity contribution in [2.24, 2.45) is 10.3 Å². The first kappa shape index (κ1) is 21.1. The molecule has 0 aromatic heterocycles. The van der Waals surface area contributed by atoms with E-state index in [0.29, 0.717) is 28.8 Å². The average Bonchev–Trinajstić information content (AvgIpc) is 3.25. The highest BCUT2D eigenvalue weighted by Crippen LogP contribution is 2.32. The van der Waals surface area contributed by atoms with E-state index in [0.717, 1.165) is 4.90 Å². The van der Waals surface area contributed by atoms with Crippen LogP contribution in [0.5, 0.6) is 5.75 Å². The Morgan fingerprint density at radius 3 is 2.55 bits per heavy atom. The van der Waals surface area contributed by atoms with Gasteiger partial charge in [0.1, 0.15) is 12.3 Å². The van der Waals surface area contributed by atoms with Gasteiger partial charge in [-0.2, -0.15) is 5.11 Å². The van der Waals surface area contributed by atoms with Gasteiger partial charge in [0.2, 0.25) is 5.91 Å². The average molecular weight is 462 g/mol. The van der Waals surface area contributed by atoms with Crippen LogP contribution in [0.1, 0.15) is 6.92 Å². The number of benzene rings is 2. The molecule has 11 heteroatoms. The molecule has 31 heavy (non-hydrogen) atoms. The van der Waals surface area contributed by atoms with Gasteiger partial charge < -0.3 is 10.1 Å². The molecule has 1 fully saturated rings. The minimum Gasteiger partial charge on any atom is -0.494 e. The molecule has 9 nitrogen and oxygen atoms in total. The van der Waals surface area contributed by atoms with Crippen LogP contribution in [0.25, 0.3) is 0 Å². The number of nitrogens with one attached hydrogen (secondary N) is 1. The van der Waals surface area contributed by atoms with Gasteiger partial charge in [0.15, 0.2) is 12.1 Å². The summed E-state index contributed by atoms with van der Waals surface area (Å²) in [4.78, 5) is 39.3. The molecule has 2 heterocycles. The highest BCUT2D eigenvalue weighted by Gasteiger charge is 2.55. The monoisotopic (exact) mass is 461 g/mol. The minimum absolute atomic E-state index is 0.274. The maximum atomic E-state index is 13.0. The van der Waals surface area contributed by atoms with E-state index in [1.165, 1.54) is 11.1 Å². The number of rotatable bonds is 6. The second-order valence-corrected chi connectivity index (χ2v) is 7.65. The Balaban J connectivity index is 1.47. The van der Waals surface area contributed by atoms with E-state index >= 15 is 0 Å². The molecule has 0 radical (unpaired) electrons. The van der Waals surface area contributed by atoms with E-state index in [2.05, 4.69) is 15.7 Å². The predicted molar refractivity (Wildman–Crippen MR) is 114 cm³/mol. The Hall–Kier alpha value is -3.17. The molecular weight excluding hydrogens is 445 g/mol. The zero-order valence-electron chi connectivity index (χ0n) is 16.3. The molecule has 1 N–H and O–H groups in total. The molecule has 2 aromatic carbocycles. The predicted octanol–water partition coefficient (Wildman–Crippen LogP) is 3.32. The smallest absolute Gasteiger partial charge is 0.263 e. The first-order chi connectivity index (χ1) is 14.9. The normalized spacial score (nSPS) is 19.7. The van der Waals surface area contributed by atoms with Gasteiger partial charge in [-0.1, -0.05) is 28.4 Å². The van der Waals surface area contributed by atoms with Crippen molar-refractivity contribution in [1.29, 1.82) is 0 Å². The quantitative estimate of drug-likeness (QED) is 0.664. The van der Waals surface area contributed by atoms with Crippen molar-refractivity contribution >= 4 is 52.3 Å². The first-order valence-corrected chi connectivity index (χ1v) is 10.2. The number of fused-ring (bicyclic) bond motifs is 1. The summed E-state index contributed by atoms with van der Waals surface area (Å²) in [5.41, 5.74) is 0.772. The van der Waals surface area contributed by atoms with Crippen molar-refractivity contribution < 1.29 is 19.1 Å². The minimum atomic E-state index is -0.994. The van der Waals surface area contributed by atoms with Crippen molar-refractivity contribution in [3.63, 3.8) is 0 Å². The van der Waals surface area contributed by atoms with Crippen LogP contribution >= 0.6 is 23.2 Å². The summed E-state index contributed by atoms with van der Waals surface area (Å²) in [6, 6.07) is 9.27. The lowest BCUT2D eigenvalue weighted by molar-refractivity contribution is -0.123. The first-order valence-electron chi connectivity index (χ1n) is 9.42. The summed E-state index contributed by atoms with van der Waals surface area (Å²) < 4.78 is 5.38. The van der Waals surface area contributed by atoms with E-state index in [1.54, 1.807) is 36.4 Å². The second-order valence-electron chi connectivity index (χ2n) is 6.80. The lowest BCUT2D eigenvalue weighted by Crippen LogP contribution is -2.43. The van der Waals surface area contributed by atoms with Crippen molar-refractivity contribution in [2.75, 3.05) is 23.4 Å². The molecule has 0 saturated carbocycles. The zero-order valence-corrected chi connectivity index (χ0v) is 17.8. The summed E-state index contributed by atoms with van der Waals surface area (Å²) in [5.74, 6) is -0.832. The fourth-order valence-corrected chi connectivity index (χ4v) is 3.85. The molecular formula is C20H17Cl2N5O4. The molecule has 4 rings (SSSR count). The number of amides is 3. The topological polar surface area (TPSA) is 104 Å². The van der Waals surface area contributed by atoms with Crippen LogP contribution in [-0.2, 0) is 14.4 Å². The van der Waals surface area contributed by atoms with Crippen LogP contribution in [-0.4, -0.2) is 48.0 Å². The third-order valence-electron chi connectivity index (χ3n) is 4.77. The van der Waals surface area contributed by atoms with Crippen LogP contribution in [0.2, 0.25) is 10.0 Å². The Morgan fingerprint density at radius 1 is 1.13 bits per heavy atom. The lowest BCUT2D eigenvalue weighted by Gasteiger charge is -2.20. The van der Waals surface area contributed by atoms with E-state index in [-0.39, 0.29) is 11.6 Å². The maximum absolute atomic E-state index is 13.0. The molecule has 2 unspecified atom stereocenters. The molecule has 0 bridgehead atoms. The number of imide groups is 1. The molecule has 2 aromatic rings. The van der Waals surface area contributed by atoms with Crippen molar-refractivity contribution in [3.8, 4) is 5.75 Å². The van der Waals surface area contributed by atoms with Gasteiger partial charge in [0.25, 0.3) is 11.8 Å². The summed E-state index contributed by atoms with van der Waals surface area (Å²) in [6.07, 6.45) is 0. The number of hydrogen-bond donors (Lipinski definition) is 1. The fraction of sp³-hybridized carbons (Fsp3) is 0.250. The standard InChI is InChI=1S/C20H17Cl2N5O4/c1-2-31-13-6-4-12(5-7-13)27-19(29)17-18(20(27)30)26(25-24-17)10-16(28)23-15-8-3-11(21)9-14(15)22/h3-9,17-18H,2,10H2,1H3,(H,23,28). The summed E-state index contributed by atoms with van der Waals surface area (Å²) in [7, 11) is 0. The van der Waals surface area contributed by atoms with E-state index in [9.17, 15) is 14.4 Å². The highest BCUT2D eigenvalue weighted by atomic mass is 35.5. The molecule has 2 aliphatic heterocycles. The van der Waals surface area contributed by atoms with Gasteiger partial charge in [0.05, 0.1) is 23.0 Å². The van der Waals surface area contributed by atoms with Crippen LogP contribution in [0.4, 0.5) is 11.4 Å². The van der Waals surface area contributed by atoms with Crippen molar-refractivity contribution in [2.45, 2.75) is 19.0 Å². The van der Waals surface area contributed by atoms with Gasteiger partial charge >= 0.3 is 0 Å². The maximum Gasteiger partial charge on any atom is 0.263 e. The summed E-state index contributed by atoms with van der Waals surface area (Å²) in [5, 5.41) is 12.3. The molecule has 3 amide bonds. The van der Waals surface area contributed by atoms with Crippen LogP contribution in [0.15, 0.2) is 52.8 Å². The largest absolute Gasteiger partial charge is 0.494 e. The number of hydrogen-bond acceptors (Lipinski definition) is 7. The SMILES string of the molecule is CCOc1ccc(N2C(=O)C3N=NN(CC(=O)Nc4ccc(Cl)cc4Cl)C3C2=O)cc1. The lowest BCUT2D eigenvalue weighted by atomic mass is 10.1. The highest BCUT2D eigenvalue weighted by molar-refractivity contribution is 6.36. The number of ether oxygens (including phenoxy) is 1. The number of anilines is 2. The molecule has 0 aliphatic carbocycles. The number of nitrogens with zero attached hydrogens (tertiary/aromatic N) is 4. The summed E-state index contributed by atoms with van der Waals surface area (Å²) in [6.45, 7) is 2.09. The fourth-order valence-electron chi connectivity index (χ4n) is 3.39. The van der Waals surface area contributed by atoms with E-state index in [1.807, 2.05) is 6.92 Å².